The van der Waals surface area contributed by atoms with Crippen molar-refractivity contribution in [3.63, 3.8) is 0 Å². The van der Waals surface area contributed by atoms with Crippen LogP contribution in [-0.2, 0) is 6.42 Å². The average molecular weight is 343 g/mol. The Morgan fingerprint density at radius 1 is 1.08 bits per heavy atom. The van der Waals surface area contributed by atoms with Crippen LogP contribution in [0.15, 0.2) is 47.4 Å². The van der Waals surface area contributed by atoms with Gasteiger partial charge in [0.1, 0.15) is 5.58 Å². The summed E-state index contributed by atoms with van der Waals surface area (Å²) in [5.74, 6) is 0.827. The van der Waals surface area contributed by atoms with Crippen LogP contribution in [0.4, 0.5) is 0 Å². The van der Waals surface area contributed by atoms with Gasteiger partial charge in [-0.25, -0.2) is 4.98 Å². The minimum absolute atomic E-state index is 0.645. The molecule has 4 nitrogen and oxygen atoms in total. The van der Waals surface area contributed by atoms with E-state index in [4.69, 9.17) is 9.40 Å². The van der Waals surface area contributed by atoms with Gasteiger partial charge in [-0.15, -0.1) is 0 Å². The molecule has 0 radical (unpaired) electrons. The van der Waals surface area contributed by atoms with Gasteiger partial charge < -0.3 is 4.42 Å². The number of rotatable bonds is 3. The highest BCUT2D eigenvalue weighted by Gasteiger charge is 2.18. The van der Waals surface area contributed by atoms with Gasteiger partial charge in [0.05, 0.1) is 11.3 Å². The Balaban J connectivity index is 1.58. The molecule has 1 aliphatic carbocycles. The van der Waals surface area contributed by atoms with Crippen molar-refractivity contribution in [2.75, 3.05) is 0 Å². The van der Waals surface area contributed by atoms with Gasteiger partial charge in [0.2, 0.25) is 5.71 Å². The average Bonchev–Trinajstić information content (AvgIpc) is 3.30. The zero-order valence-corrected chi connectivity index (χ0v) is 14.9. The molecule has 0 saturated heterocycles. The fraction of sp³-hybridized carbons (Fsp3) is 0.318. The molecule has 0 amide bonds. The van der Waals surface area contributed by atoms with Gasteiger partial charge in [-0.1, -0.05) is 25.7 Å². The Kier molecular flexibility index (Phi) is 3.70. The number of aromatic nitrogens is 3. The van der Waals surface area contributed by atoms with Crippen molar-refractivity contribution in [3.8, 4) is 11.3 Å². The lowest BCUT2D eigenvalue weighted by atomic mass is 9.95. The lowest BCUT2D eigenvalue weighted by Gasteiger charge is -2.12. The molecule has 4 aromatic heterocycles. The fourth-order valence-electron chi connectivity index (χ4n) is 4.18. The molecule has 0 atom stereocenters. The summed E-state index contributed by atoms with van der Waals surface area (Å²) in [6, 6.07) is 6.11. The van der Waals surface area contributed by atoms with Gasteiger partial charge >= 0.3 is 0 Å². The number of hydrogen-bond acceptors (Lipinski definition) is 4. The summed E-state index contributed by atoms with van der Waals surface area (Å²) in [5, 5.41) is 1.98. The van der Waals surface area contributed by atoms with Crippen LogP contribution >= 0.6 is 0 Å². The molecule has 5 rings (SSSR count). The summed E-state index contributed by atoms with van der Waals surface area (Å²) in [6.45, 7) is 2.18. The molecule has 4 heteroatoms. The van der Waals surface area contributed by atoms with E-state index in [1.807, 2.05) is 30.7 Å². The van der Waals surface area contributed by atoms with Crippen LogP contribution in [0.2, 0.25) is 0 Å². The lowest BCUT2D eigenvalue weighted by Crippen LogP contribution is -2.02. The minimum Gasteiger partial charge on any atom is -0.437 e. The van der Waals surface area contributed by atoms with Crippen molar-refractivity contribution in [2.45, 2.75) is 39.0 Å². The van der Waals surface area contributed by atoms with Crippen molar-refractivity contribution in [3.05, 3.63) is 54.1 Å². The predicted octanol–water partition coefficient (Wildman–Crippen LogP) is 5.48. The first kappa shape index (κ1) is 15.5. The maximum absolute atomic E-state index is 6.02. The van der Waals surface area contributed by atoms with Gasteiger partial charge in [-0.2, -0.15) is 0 Å². The van der Waals surface area contributed by atoms with E-state index in [9.17, 15) is 0 Å². The molecular weight excluding hydrogens is 322 g/mol. The largest absolute Gasteiger partial charge is 0.437 e. The third-order valence-corrected chi connectivity index (χ3v) is 5.64. The first-order chi connectivity index (χ1) is 12.8. The lowest BCUT2D eigenvalue weighted by molar-refractivity contribution is 0.544. The third-order valence-electron chi connectivity index (χ3n) is 5.64. The van der Waals surface area contributed by atoms with Crippen molar-refractivity contribution in [2.24, 2.45) is 5.92 Å². The first-order valence-electron chi connectivity index (χ1n) is 9.37. The number of fused-ring (bicyclic) bond motifs is 3. The number of hydrogen-bond donors (Lipinski definition) is 0. The third kappa shape index (κ3) is 2.57. The highest BCUT2D eigenvalue weighted by atomic mass is 16.3. The van der Waals surface area contributed by atoms with Crippen molar-refractivity contribution >= 4 is 22.1 Å². The minimum atomic E-state index is 0.645. The van der Waals surface area contributed by atoms with Gasteiger partial charge in [-0.3, -0.25) is 9.97 Å². The standard InChI is InChI=1S/C22H21N3O/c1-14-9-20(25-11-16(14)10-15-5-2-3-6-15)19-13-23-12-18-17-7-4-8-24-22(17)26-21(18)19/h4,7-9,11-13,15H,2-3,5-6,10H2,1H3. The summed E-state index contributed by atoms with van der Waals surface area (Å²) in [7, 11) is 0. The molecule has 0 unspecified atom stereocenters. The molecule has 0 spiro atoms. The maximum atomic E-state index is 6.02. The van der Waals surface area contributed by atoms with Crippen LogP contribution in [0.3, 0.4) is 0 Å². The maximum Gasteiger partial charge on any atom is 0.227 e. The molecule has 4 heterocycles. The molecule has 0 aromatic carbocycles. The Morgan fingerprint density at radius 2 is 1.96 bits per heavy atom. The fourth-order valence-corrected chi connectivity index (χ4v) is 4.18. The number of nitrogens with zero attached hydrogens (tertiary/aromatic N) is 3. The Hall–Kier alpha value is -2.75. The van der Waals surface area contributed by atoms with Crippen LogP contribution in [0.25, 0.3) is 33.3 Å². The molecule has 0 bridgehead atoms. The summed E-state index contributed by atoms with van der Waals surface area (Å²) in [5.41, 5.74) is 5.96. The smallest absolute Gasteiger partial charge is 0.227 e. The summed E-state index contributed by atoms with van der Waals surface area (Å²) in [6.07, 6.45) is 14.1. The van der Waals surface area contributed by atoms with E-state index in [1.165, 1.54) is 36.8 Å². The highest BCUT2D eigenvalue weighted by molar-refractivity contribution is 6.07. The molecular formula is C22H21N3O. The monoisotopic (exact) mass is 343 g/mol. The van der Waals surface area contributed by atoms with Crippen LogP contribution in [0.5, 0.6) is 0 Å². The first-order valence-corrected chi connectivity index (χ1v) is 9.37. The van der Waals surface area contributed by atoms with Crippen LogP contribution < -0.4 is 0 Å². The van der Waals surface area contributed by atoms with E-state index < -0.39 is 0 Å². The Morgan fingerprint density at radius 3 is 2.81 bits per heavy atom. The Bertz CT molecular complexity index is 1090. The zero-order valence-electron chi connectivity index (χ0n) is 14.9. The van der Waals surface area contributed by atoms with Gasteiger partial charge in [0.25, 0.3) is 0 Å². The van der Waals surface area contributed by atoms with E-state index in [-0.39, 0.29) is 0 Å². The molecule has 1 saturated carbocycles. The number of furan rings is 1. The molecule has 1 aliphatic rings. The van der Waals surface area contributed by atoms with E-state index in [0.717, 1.165) is 40.0 Å². The molecule has 130 valence electrons. The second-order valence-corrected chi connectivity index (χ2v) is 7.37. The van der Waals surface area contributed by atoms with Gasteiger partial charge in [0, 0.05) is 35.6 Å². The molecule has 4 aromatic rings. The highest BCUT2D eigenvalue weighted by Crippen LogP contribution is 2.34. The van der Waals surface area contributed by atoms with Gasteiger partial charge in [0.15, 0.2) is 0 Å². The van der Waals surface area contributed by atoms with Crippen LogP contribution in [0, 0.1) is 12.8 Å². The topological polar surface area (TPSA) is 51.8 Å². The number of aryl methyl sites for hydroxylation is 1. The normalized spacial score (nSPS) is 15.3. The van der Waals surface area contributed by atoms with Crippen molar-refractivity contribution < 1.29 is 4.42 Å². The summed E-state index contributed by atoms with van der Waals surface area (Å²) in [4.78, 5) is 13.5. The number of pyridine rings is 3. The predicted molar refractivity (Wildman–Crippen MR) is 103 cm³/mol. The Labute approximate surface area is 152 Å². The molecule has 26 heavy (non-hydrogen) atoms. The second-order valence-electron chi connectivity index (χ2n) is 7.37. The molecule has 0 N–H and O–H groups in total. The van der Waals surface area contributed by atoms with Crippen LogP contribution in [-0.4, -0.2) is 15.0 Å². The van der Waals surface area contributed by atoms with Crippen molar-refractivity contribution in [1.29, 1.82) is 0 Å². The summed E-state index contributed by atoms with van der Waals surface area (Å²) >= 11 is 0. The van der Waals surface area contributed by atoms with Gasteiger partial charge in [-0.05, 0) is 48.6 Å². The van der Waals surface area contributed by atoms with E-state index >= 15 is 0 Å². The second kappa shape index (κ2) is 6.20. The van der Waals surface area contributed by atoms with E-state index in [2.05, 4.69) is 23.0 Å². The SMILES string of the molecule is Cc1cc(-c2cncc3c2oc2ncccc23)ncc1CC1CCCC1. The summed E-state index contributed by atoms with van der Waals surface area (Å²) < 4.78 is 6.02. The molecule has 0 aliphatic heterocycles. The van der Waals surface area contributed by atoms with Crippen LogP contribution in [0.1, 0.15) is 36.8 Å². The van der Waals surface area contributed by atoms with Crippen molar-refractivity contribution in [1.82, 2.24) is 15.0 Å². The van der Waals surface area contributed by atoms with E-state index in [0.29, 0.717) is 5.71 Å². The quantitative estimate of drug-likeness (QED) is 0.494. The molecule has 1 fully saturated rings. The zero-order chi connectivity index (χ0) is 17.5. The van der Waals surface area contributed by atoms with E-state index in [1.54, 1.807) is 6.20 Å².